The van der Waals surface area contributed by atoms with Crippen LogP contribution >= 0.6 is 0 Å². The lowest BCUT2D eigenvalue weighted by Crippen LogP contribution is -2.37. The summed E-state index contributed by atoms with van der Waals surface area (Å²) in [7, 11) is 0. The molecule has 3 rings (SSSR count). The van der Waals surface area contributed by atoms with Crippen LogP contribution in [0.25, 0.3) is 21.9 Å². The molecule has 1 heterocycles. The summed E-state index contributed by atoms with van der Waals surface area (Å²) in [5.74, 6) is -1.04. The minimum absolute atomic E-state index is 0.182. The molecule has 0 saturated heterocycles. The van der Waals surface area contributed by atoms with Crippen LogP contribution in [0.3, 0.4) is 0 Å². The first-order valence-corrected chi connectivity index (χ1v) is 6.39. The highest BCUT2D eigenvalue weighted by Gasteiger charge is 2.10. The minimum Gasteiger partial charge on any atom is -0.546 e. The highest BCUT2D eigenvalue weighted by molar-refractivity contribution is 5.90. The molecule has 0 amide bonds. The standard InChI is InChI=1S/C16H12O5/c1-9(16(18)19)20-10-6-7-14-12(8-10)15(17)11-4-2-3-5-13(11)21-14/h2-9H,1H3,(H,18,19)/p-1/t9-/m0/s1. The van der Waals surface area contributed by atoms with Crippen molar-refractivity contribution < 1.29 is 19.1 Å². The fourth-order valence-electron chi connectivity index (χ4n) is 2.11. The number of carboxylic acids is 1. The van der Waals surface area contributed by atoms with Gasteiger partial charge in [-0.25, -0.2) is 0 Å². The second-order valence-corrected chi connectivity index (χ2v) is 4.66. The Morgan fingerprint density at radius 1 is 1.14 bits per heavy atom. The van der Waals surface area contributed by atoms with Crippen LogP contribution in [0.2, 0.25) is 0 Å². The molecule has 1 atom stereocenters. The molecule has 0 bridgehead atoms. The van der Waals surface area contributed by atoms with Crippen LogP contribution in [0.15, 0.2) is 51.7 Å². The van der Waals surface area contributed by atoms with Crippen molar-refractivity contribution in [3.63, 3.8) is 0 Å². The van der Waals surface area contributed by atoms with Gasteiger partial charge in [-0.3, -0.25) is 4.79 Å². The third-order valence-corrected chi connectivity index (χ3v) is 3.19. The first-order chi connectivity index (χ1) is 10.1. The van der Waals surface area contributed by atoms with E-state index in [9.17, 15) is 14.7 Å². The zero-order valence-electron chi connectivity index (χ0n) is 11.2. The predicted octanol–water partition coefficient (Wildman–Crippen LogP) is 1.46. The van der Waals surface area contributed by atoms with Gasteiger partial charge >= 0.3 is 0 Å². The minimum atomic E-state index is -1.32. The van der Waals surface area contributed by atoms with Crippen LogP contribution in [0.4, 0.5) is 0 Å². The van der Waals surface area contributed by atoms with Crippen LogP contribution in [0.1, 0.15) is 6.92 Å². The molecule has 5 nitrogen and oxygen atoms in total. The molecule has 0 radical (unpaired) electrons. The molecular weight excluding hydrogens is 272 g/mol. The monoisotopic (exact) mass is 283 g/mol. The molecule has 0 aliphatic carbocycles. The Balaban J connectivity index is 2.17. The van der Waals surface area contributed by atoms with E-state index in [-0.39, 0.29) is 11.2 Å². The molecule has 0 saturated carbocycles. The van der Waals surface area contributed by atoms with Crippen LogP contribution in [0, 0.1) is 0 Å². The van der Waals surface area contributed by atoms with Crippen LogP contribution < -0.4 is 15.3 Å². The molecule has 0 aliphatic heterocycles. The molecule has 21 heavy (non-hydrogen) atoms. The van der Waals surface area contributed by atoms with Crippen molar-refractivity contribution in [2.24, 2.45) is 0 Å². The van der Waals surface area contributed by atoms with E-state index >= 15 is 0 Å². The number of para-hydroxylation sites is 1. The van der Waals surface area contributed by atoms with E-state index < -0.39 is 12.1 Å². The van der Waals surface area contributed by atoms with Gasteiger partial charge in [0.2, 0.25) is 5.43 Å². The predicted molar refractivity (Wildman–Crippen MR) is 75.1 cm³/mol. The number of hydrogen-bond donors (Lipinski definition) is 0. The summed E-state index contributed by atoms with van der Waals surface area (Å²) in [5.41, 5.74) is 0.748. The van der Waals surface area contributed by atoms with Gasteiger partial charge in [0.05, 0.1) is 16.7 Å². The smallest absolute Gasteiger partial charge is 0.200 e. The summed E-state index contributed by atoms with van der Waals surface area (Å²) in [5, 5.41) is 11.5. The maximum absolute atomic E-state index is 12.4. The van der Waals surface area contributed by atoms with Crippen molar-refractivity contribution in [1.82, 2.24) is 0 Å². The van der Waals surface area contributed by atoms with Gasteiger partial charge in [0.25, 0.3) is 0 Å². The number of hydrogen-bond acceptors (Lipinski definition) is 5. The zero-order chi connectivity index (χ0) is 15.0. The van der Waals surface area contributed by atoms with E-state index in [1.54, 1.807) is 36.4 Å². The Morgan fingerprint density at radius 3 is 2.62 bits per heavy atom. The summed E-state index contributed by atoms with van der Waals surface area (Å²) in [6, 6.07) is 11.6. The molecule has 0 fully saturated rings. The largest absolute Gasteiger partial charge is 0.546 e. The number of aliphatic carboxylic acids is 1. The maximum atomic E-state index is 12.4. The molecule has 0 aliphatic rings. The second kappa shape index (κ2) is 4.94. The van der Waals surface area contributed by atoms with Gasteiger partial charge in [0.1, 0.15) is 23.0 Å². The molecule has 0 unspecified atom stereocenters. The number of carbonyl (C=O) groups is 1. The molecule has 3 aromatic rings. The number of rotatable bonds is 3. The second-order valence-electron chi connectivity index (χ2n) is 4.66. The Labute approximate surface area is 119 Å². The lowest BCUT2D eigenvalue weighted by Gasteiger charge is -2.15. The average Bonchev–Trinajstić information content (AvgIpc) is 2.48. The summed E-state index contributed by atoms with van der Waals surface area (Å²) in [6.45, 7) is 1.36. The quantitative estimate of drug-likeness (QED) is 0.680. The van der Waals surface area contributed by atoms with Crippen LogP contribution in [0.5, 0.6) is 5.75 Å². The molecule has 2 aromatic carbocycles. The lowest BCUT2D eigenvalue weighted by molar-refractivity contribution is -0.312. The van der Waals surface area contributed by atoms with Crippen molar-refractivity contribution in [2.45, 2.75) is 13.0 Å². The lowest BCUT2D eigenvalue weighted by atomic mass is 10.1. The van der Waals surface area contributed by atoms with E-state index in [0.29, 0.717) is 21.9 Å². The Hall–Kier alpha value is -2.82. The van der Waals surface area contributed by atoms with Gasteiger partial charge < -0.3 is 19.1 Å². The van der Waals surface area contributed by atoms with Gasteiger partial charge in [0, 0.05) is 0 Å². The number of benzene rings is 2. The van der Waals surface area contributed by atoms with Crippen molar-refractivity contribution in [2.75, 3.05) is 0 Å². The van der Waals surface area contributed by atoms with Crippen LogP contribution in [-0.2, 0) is 4.79 Å². The number of carbonyl (C=O) groups excluding carboxylic acids is 1. The van der Waals surface area contributed by atoms with Crippen molar-refractivity contribution >= 4 is 27.9 Å². The van der Waals surface area contributed by atoms with Gasteiger partial charge in [-0.05, 0) is 37.3 Å². The third-order valence-electron chi connectivity index (χ3n) is 3.19. The Bertz CT molecular complexity index is 894. The summed E-state index contributed by atoms with van der Waals surface area (Å²) >= 11 is 0. The zero-order valence-corrected chi connectivity index (χ0v) is 11.2. The van der Waals surface area contributed by atoms with Crippen molar-refractivity contribution in [3.8, 4) is 5.75 Å². The van der Waals surface area contributed by atoms with Crippen molar-refractivity contribution in [1.29, 1.82) is 0 Å². The van der Waals surface area contributed by atoms with E-state index in [2.05, 4.69) is 0 Å². The van der Waals surface area contributed by atoms with E-state index in [0.717, 1.165) is 0 Å². The highest BCUT2D eigenvalue weighted by atomic mass is 16.5. The highest BCUT2D eigenvalue weighted by Crippen LogP contribution is 2.23. The summed E-state index contributed by atoms with van der Waals surface area (Å²) < 4.78 is 10.9. The van der Waals surface area contributed by atoms with Gasteiger partial charge in [-0.2, -0.15) is 0 Å². The Morgan fingerprint density at radius 2 is 1.86 bits per heavy atom. The fourth-order valence-corrected chi connectivity index (χ4v) is 2.11. The number of fused-ring (bicyclic) bond motifs is 2. The maximum Gasteiger partial charge on any atom is 0.200 e. The first kappa shape index (κ1) is 13.2. The molecule has 5 heteroatoms. The van der Waals surface area contributed by atoms with E-state index in [1.807, 2.05) is 0 Å². The van der Waals surface area contributed by atoms with Crippen molar-refractivity contribution in [3.05, 3.63) is 52.7 Å². The first-order valence-electron chi connectivity index (χ1n) is 6.39. The molecule has 1 aromatic heterocycles. The van der Waals surface area contributed by atoms with Gasteiger partial charge in [-0.15, -0.1) is 0 Å². The summed E-state index contributed by atoms with van der Waals surface area (Å²) in [4.78, 5) is 23.1. The fraction of sp³-hybridized carbons (Fsp3) is 0.125. The van der Waals surface area contributed by atoms with Crippen LogP contribution in [-0.4, -0.2) is 12.1 Å². The number of ether oxygens (including phenoxy) is 1. The van der Waals surface area contributed by atoms with E-state index in [4.69, 9.17) is 9.15 Å². The normalized spacial score (nSPS) is 12.4. The van der Waals surface area contributed by atoms with Gasteiger partial charge in [-0.1, -0.05) is 12.1 Å². The van der Waals surface area contributed by atoms with E-state index in [1.165, 1.54) is 13.0 Å². The molecular formula is C16H11O5-. The molecule has 106 valence electrons. The Kier molecular flexibility index (Phi) is 3.10. The SMILES string of the molecule is C[C@H](Oc1ccc2oc3ccccc3c(=O)c2c1)C(=O)[O-]. The average molecular weight is 283 g/mol. The third kappa shape index (κ3) is 2.33. The topological polar surface area (TPSA) is 79.6 Å². The molecule has 0 N–H and O–H groups in total. The number of carboxylic acid groups (broad SMARTS) is 1. The van der Waals surface area contributed by atoms with Gasteiger partial charge in [0.15, 0.2) is 0 Å². The molecule has 0 spiro atoms. The summed E-state index contributed by atoms with van der Waals surface area (Å²) in [6.07, 6.45) is -1.10.